The molecule has 4 rings (SSSR count). The number of nitrogens with zero attached hydrogens (tertiary/aromatic N) is 3. The zero-order valence-electron chi connectivity index (χ0n) is 17.3. The Morgan fingerprint density at radius 1 is 0.909 bits per heavy atom. The van der Waals surface area contributed by atoms with Crippen LogP contribution in [0.3, 0.4) is 0 Å². The Balaban J connectivity index is 1.84. The van der Waals surface area contributed by atoms with Crippen LogP contribution in [0.5, 0.6) is 11.5 Å². The number of nitro groups is 2. The SMILES string of the molecule is Cc1ccc(Cl)cc1N=Cc1c(Oc2ccc([N+](=O)[O-])cc2[N+](=O)[O-])ccc2ccccc12. The van der Waals surface area contributed by atoms with E-state index in [-0.39, 0.29) is 5.75 Å². The zero-order valence-corrected chi connectivity index (χ0v) is 18.0. The third-order valence-corrected chi connectivity index (χ3v) is 5.24. The molecule has 0 saturated heterocycles. The van der Waals surface area contributed by atoms with Crippen molar-refractivity contribution in [3.05, 3.63) is 109 Å². The van der Waals surface area contributed by atoms with Gasteiger partial charge >= 0.3 is 5.69 Å². The lowest BCUT2D eigenvalue weighted by Gasteiger charge is -2.12. The highest BCUT2D eigenvalue weighted by Crippen LogP contribution is 2.37. The standard InChI is InChI=1S/C24H16ClN3O5/c1-15-6-8-17(25)12-21(15)26-14-20-19-5-3-2-4-16(19)7-10-23(20)33-24-11-9-18(27(29)30)13-22(24)28(31)32/h2-14H,1H3. The molecular weight excluding hydrogens is 446 g/mol. The molecule has 0 spiro atoms. The van der Waals surface area contributed by atoms with Gasteiger partial charge in [-0.05, 0) is 47.5 Å². The molecule has 0 aliphatic heterocycles. The number of halogens is 1. The minimum Gasteiger partial charge on any atom is -0.449 e. The van der Waals surface area contributed by atoms with Crippen molar-refractivity contribution in [2.75, 3.05) is 0 Å². The summed E-state index contributed by atoms with van der Waals surface area (Å²) in [7, 11) is 0. The van der Waals surface area contributed by atoms with Crippen LogP contribution in [-0.4, -0.2) is 16.1 Å². The Morgan fingerprint density at radius 2 is 1.67 bits per heavy atom. The number of nitro benzene ring substituents is 2. The molecule has 33 heavy (non-hydrogen) atoms. The summed E-state index contributed by atoms with van der Waals surface area (Å²) in [6, 6.07) is 19.7. The molecule has 0 unspecified atom stereocenters. The second-order valence-electron chi connectivity index (χ2n) is 7.16. The van der Waals surface area contributed by atoms with Crippen LogP contribution < -0.4 is 4.74 Å². The Labute approximate surface area is 193 Å². The van der Waals surface area contributed by atoms with Crippen molar-refractivity contribution in [1.29, 1.82) is 0 Å². The normalized spacial score (nSPS) is 11.1. The van der Waals surface area contributed by atoms with Crippen LogP contribution in [0.25, 0.3) is 10.8 Å². The van der Waals surface area contributed by atoms with Crippen molar-refractivity contribution in [2.24, 2.45) is 4.99 Å². The van der Waals surface area contributed by atoms with E-state index >= 15 is 0 Å². The van der Waals surface area contributed by atoms with Gasteiger partial charge in [-0.25, -0.2) is 0 Å². The fraction of sp³-hybridized carbons (Fsp3) is 0.0417. The molecule has 4 aromatic carbocycles. The predicted octanol–water partition coefficient (Wildman–Crippen LogP) is 7.16. The lowest BCUT2D eigenvalue weighted by atomic mass is 10.0. The minimum atomic E-state index is -0.716. The van der Waals surface area contributed by atoms with Crippen LogP contribution in [0.1, 0.15) is 11.1 Å². The first-order valence-electron chi connectivity index (χ1n) is 9.76. The highest BCUT2D eigenvalue weighted by Gasteiger charge is 2.22. The molecule has 4 aromatic rings. The summed E-state index contributed by atoms with van der Waals surface area (Å²) in [6.45, 7) is 1.91. The highest BCUT2D eigenvalue weighted by atomic mass is 35.5. The molecule has 0 radical (unpaired) electrons. The maximum Gasteiger partial charge on any atom is 0.318 e. The van der Waals surface area contributed by atoms with E-state index in [4.69, 9.17) is 16.3 Å². The summed E-state index contributed by atoms with van der Waals surface area (Å²) < 4.78 is 5.91. The Kier molecular flexibility index (Phi) is 6.01. The topological polar surface area (TPSA) is 108 Å². The van der Waals surface area contributed by atoms with E-state index in [1.165, 1.54) is 6.07 Å². The van der Waals surface area contributed by atoms with Gasteiger partial charge in [-0.3, -0.25) is 25.2 Å². The molecular formula is C24H16ClN3O5. The zero-order chi connectivity index (χ0) is 23.5. The van der Waals surface area contributed by atoms with Crippen molar-refractivity contribution in [3.8, 4) is 11.5 Å². The molecule has 9 heteroatoms. The van der Waals surface area contributed by atoms with Gasteiger partial charge in [-0.15, -0.1) is 0 Å². The molecule has 0 aliphatic rings. The Morgan fingerprint density at radius 3 is 2.42 bits per heavy atom. The van der Waals surface area contributed by atoms with E-state index in [1.54, 1.807) is 24.4 Å². The average molecular weight is 462 g/mol. The van der Waals surface area contributed by atoms with E-state index in [0.29, 0.717) is 22.0 Å². The van der Waals surface area contributed by atoms with Gasteiger partial charge < -0.3 is 4.74 Å². The van der Waals surface area contributed by atoms with Crippen molar-refractivity contribution in [2.45, 2.75) is 6.92 Å². The second-order valence-corrected chi connectivity index (χ2v) is 7.59. The molecule has 0 fully saturated rings. The quantitative estimate of drug-likeness (QED) is 0.172. The maximum atomic E-state index is 11.5. The van der Waals surface area contributed by atoms with Gasteiger partial charge in [-0.1, -0.05) is 48.0 Å². The molecule has 0 amide bonds. The first-order chi connectivity index (χ1) is 15.8. The third kappa shape index (κ3) is 4.65. The fourth-order valence-electron chi connectivity index (χ4n) is 3.32. The van der Waals surface area contributed by atoms with Gasteiger partial charge in [0.25, 0.3) is 5.69 Å². The largest absolute Gasteiger partial charge is 0.449 e. The summed E-state index contributed by atoms with van der Waals surface area (Å²) in [6.07, 6.45) is 1.62. The van der Waals surface area contributed by atoms with E-state index in [9.17, 15) is 20.2 Å². The number of rotatable bonds is 6. The van der Waals surface area contributed by atoms with Crippen molar-refractivity contribution >= 4 is 45.7 Å². The summed E-state index contributed by atoms with van der Waals surface area (Å²) >= 11 is 6.10. The minimum absolute atomic E-state index is 0.116. The Bertz CT molecular complexity index is 1440. The average Bonchev–Trinajstić information content (AvgIpc) is 2.80. The van der Waals surface area contributed by atoms with Gasteiger partial charge in [0.05, 0.1) is 21.6 Å². The number of benzene rings is 4. The molecule has 0 aromatic heterocycles. The number of hydrogen-bond donors (Lipinski definition) is 0. The lowest BCUT2D eigenvalue weighted by Crippen LogP contribution is -1.98. The van der Waals surface area contributed by atoms with Gasteiger partial charge in [0.15, 0.2) is 0 Å². The van der Waals surface area contributed by atoms with E-state index in [0.717, 1.165) is 28.5 Å². The van der Waals surface area contributed by atoms with Crippen molar-refractivity contribution in [3.63, 3.8) is 0 Å². The van der Waals surface area contributed by atoms with Crippen LogP contribution in [-0.2, 0) is 0 Å². The third-order valence-electron chi connectivity index (χ3n) is 5.00. The van der Waals surface area contributed by atoms with Crippen LogP contribution >= 0.6 is 11.6 Å². The first kappa shape index (κ1) is 21.9. The molecule has 0 bridgehead atoms. The number of hydrogen-bond acceptors (Lipinski definition) is 6. The number of aliphatic imine (C=N–C) groups is 1. The molecule has 8 nitrogen and oxygen atoms in total. The van der Waals surface area contributed by atoms with Crippen molar-refractivity contribution < 1.29 is 14.6 Å². The fourth-order valence-corrected chi connectivity index (χ4v) is 3.49. The number of fused-ring (bicyclic) bond motifs is 1. The number of aryl methyl sites for hydroxylation is 1. The number of non-ortho nitro benzene ring substituents is 1. The Hall–Kier alpha value is -4.30. The molecule has 164 valence electrons. The van der Waals surface area contributed by atoms with Gasteiger partial charge in [-0.2, -0.15) is 0 Å². The van der Waals surface area contributed by atoms with Gasteiger partial charge in [0, 0.05) is 22.9 Å². The van der Waals surface area contributed by atoms with Crippen molar-refractivity contribution in [1.82, 2.24) is 0 Å². The van der Waals surface area contributed by atoms with Crippen LogP contribution in [0.2, 0.25) is 5.02 Å². The van der Waals surface area contributed by atoms with E-state index < -0.39 is 21.2 Å². The maximum absolute atomic E-state index is 11.5. The highest BCUT2D eigenvalue weighted by molar-refractivity contribution is 6.30. The molecule has 0 atom stereocenters. The summed E-state index contributed by atoms with van der Waals surface area (Å²) in [5, 5.41) is 24.9. The number of ether oxygens (including phenoxy) is 1. The summed E-state index contributed by atoms with van der Waals surface area (Å²) in [4.78, 5) is 25.7. The molecule has 0 saturated carbocycles. The van der Waals surface area contributed by atoms with Crippen LogP contribution in [0.15, 0.2) is 77.8 Å². The van der Waals surface area contributed by atoms with Crippen LogP contribution in [0.4, 0.5) is 17.1 Å². The van der Waals surface area contributed by atoms with Gasteiger partial charge in [0.2, 0.25) is 5.75 Å². The molecule has 0 aliphatic carbocycles. The smallest absolute Gasteiger partial charge is 0.318 e. The van der Waals surface area contributed by atoms with Crippen LogP contribution in [0, 0.1) is 27.2 Å². The molecule has 0 heterocycles. The van der Waals surface area contributed by atoms with E-state index in [1.807, 2.05) is 43.3 Å². The summed E-state index contributed by atoms with van der Waals surface area (Å²) in [5.41, 5.74) is 1.28. The van der Waals surface area contributed by atoms with E-state index in [2.05, 4.69) is 4.99 Å². The predicted molar refractivity (Wildman–Crippen MR) is 127 cm³/mol. The second kappa shape index (κ2) is 9.05. The summed E-state index contributed by atoms with van der Waals surface area (Å²) in [5.74, 6) is 0.198. The first-order valence-corrected chi connectivity index (χ1v) is 10.1. The molecule has 0 N–H and O–H groups in total. The lowest BCUT2D eigenvalue weighted by molar-refractivity contribution is -0.394. The monoisotopic (exact) mass is 461 g/mol. The van der Waals surface area contributed by atoms with Gasteiger partial charge in [0.1, 0.15) is 5.75 Å².